The number of halogens is 1. The summed E-state index contributed by atoms with van der Waals surface area (Å²) in [5, 5.41) is 9.43. The number of hydrogen-bond donors (Lipinski definition) is 3. The van der Waals surface area contributed by atoms with Crippen molar-refractivity contribution in [3.05, 3.63) is 58.1 Å². The predicted octanol–water partition coefficient (Wildman–Crippen LogP) is 3.03. The fourth-order valence-corrected chi connectivity index (χ4v) is 2.54. The van der Waals surface area contributed by atoms with Crippen molar-refractivity contribution < 1.29 is 9.90 Å². The zero-order chi connectivity index (χ0) is 17.0. The zero-order valence-electron chi connectivity index (χ0n) is 12.5. The van der Waals surface area contributed by atoms with Gasteiger partial charge in [-0.3, -0.25) is 4.79 Å². The van der Waals surface area contributed by atoms with Crippen LogP contribution >= 0.6 is 15.9 Å². The van der Waals surface area contributed by atoms with Gasteiger partial charge in [0.25, 0.3) is 5.91 Å². The Labute approximate surface area is 142 Å². The Kier molecular flexibility index (Phi) is 5.18. The minimum Gasteiger partial charge on any atom is -0.508 e. The van der Waals surface area contributed by atoms with Gasteiger partial charge < -0.3 is 16.6 Å². The smallest absolute Gasteiger partial charge is 0.275 e. The van der Waals surface area contributed by atoms with Crippen molar-refractivity contribution in [3.63, 3.8) is 0 Å². The summed E-state index contributed by atoms with van der Waals surface area (Å²) < 4.78 is 0.833. The van der Waals surface area contributed by atoms with Crippen molar-refractivity contribution in [2.45, 2.75) is 6.92 Å². The number of rotatable bonds is 3. The topological polar surface area (TPSA) is 102 Å². The minimum atomic E-state index is -0.489. The van der Waals surface area contributed by atoms with E-state index < -0.39 is 5.91 Å². The molecule has 0 aliphatic carbocycles. The summed E-state index contributed by atoms with van der Waals surface area (Å²) in [4.78, 5) is 15.4. The van der Waals surface area contributed by atoms with Gasteiger partial charge in [-0.1, -0.05) is 40.2 Å². The first kappa shape index (κ1) is 16.8. The second-order valence-corrected chi connectivity index (χ2v) is 5.77. The van der Waals surface area contributed by atoms with Gasteiger partial charge in [-0.15, -0.1) is 0 Å². The molecule has 0 heterocycles. The van der Waals surface area contributed by atoms with Crippen LogP contribution in [-0.2, 0) is 4.79 Å². The van der Waals surface area contributed by atoms with Gasteiger partial charge in [-0.2, -0.15) is 4.99 Å². The number of carbonyl (C=O) groups is 1. The fraction of sp³-hybridized carbons (Fsp3) is 0.0588. The van der Waals surface area contributed by atoms with Crippen molar-refractivity contribution >= 4 is 33.9 Å². The van der Waals surface area contributed by atoms with Crippen LogP contribution < -0.4 is 11.5 Å². The molecule has 0 unspecified atom stereocenters. The second kappa shape index (κ2) is 7.11. The number of guanidine groups is 1. The van der Waals surface area contributed by atoms with E-state index in [4.69, 9.17) is 11.5 Å². The van der Waals surface area contributed by atoms with Crippen LogP contribution in [0.3, 0.4) is 0 Å². The van der Waals surface area contributed by atoms with Gasteiger partial charge in [0.05, 0.1) is 0 Å². The Bertz CT molecular complexity index is 792. The molecule has 0 spiro atoms. The van der Waals surface area contributed by atoms with Crippen LogP contribution in [0.15, 0.2) is 57.5 Å². The largest absolute Gasteiger partial charge is 0.508 e. The number of benzene rings is 2. The van der Waals surface area contributed by atoms with Crippen molar-refractivity contribution in [3.8, 4) is 16.9 Å². The molecule has 23 heavy (non-hydrogen) atoms. The van der Waals surface area contributed by atoms with Crippen LogP contribution in [-0.4, -0.2) is 17.0 Å². The van der Waals surface area contributed by atoms with Crippen molar-refractivity contribution in [2.75, 3.05) is 0 Å². The number of nitrogens with two attached hydrogens (primary N) is 2. The molecule has 0 bridgehead atoms. The molecule has 0 aliphatic heterocycles. The summed E-state index contributed by atoms with van der Waals surface area (Å²) in [6.45, 7) is 1.65. The Morgan fingerprint density at radius 1 is 1.17 bits per heavy atom. The number of aromatic hydroxyl groups is 1. The minimum absolute atomic E-state index is 0.194. The maximum absolute atomic E-state index is 11.9. The van der Waals surface area contributed by atoms with Crippen molar-refractivity contribution in [1.82, 2.24) is 0 Å². The predicted molar refractivity (Wildman–Crippen MR) is 95.7 cm³/mol. The third-order valence-electron chi connectivity index (χ3n) is 3.16. The maximum Gasteiger partial charge on any atom is 0.275 e. The van der Waals surface area contributed by atoms with Gasteiger partial charge in [0, 0.05) is 10.0 Å². The molecule has 6 heteroatoms. The molecule has 2 aromatic carbocycles. The summed E-state index contributed by atoms with van der Waals surface area (Å²) >= 11 is 3.50. The molecular weight excluding hydrogens is 358 g/mol. The maximum atomic E-state index is 11.9. The zero-order valence-corrected chi connectivity index (χ0v) is 14.0. The van der Waals surface area contributed by atoms with Crippen LogP contribution in [0.5, 0.6) is 5.75 Å². The Morgan fingerprint density at radius 2 is 1.83 bits per heavy atom. The number of aliphatic imine (C=N–C) groups is 1. The quantitative estimate of drug-likeness (QED) is 0.437. The molecule has 0 aliphatic rings. The van der Waals surface area contributed by atoms with Crippen LogP contribution in [0.4, 0.5) is 0 Å². The van der Waals surface area contributed by atoms with Gasteiger partial charge in [0.1, 0.15) is 5.75 Å². The first-order valence-corrected chi connectivity index (χ1v) is 7.58. The summed E-state index contributed by atoms with van der Waals surface area (Å²) in [5.41, 5.74) is 13.5. The van der Waals surface area contributed by atoms with E-state index in [0.29, 0.717) is 5.57 Å². The van der Waals surface area contributed by atoms with E-state index in [1.165, 1.54) is 0 Å². The molecule has 5 nitrogen and oxygen atoms in total. The average Bonchev–Trinajstić information content (AvgIpc) is 2.49. The number of phenols is 1. The van der Waals surface area contributed by atoms with Crippen LogP contribution in [0.1, 0.15) is 12.5 Å². The Hall–Kier alpha value is -2.60. The highest BCUT2D eigenvalue weighted by molar-refractivity contribution is 9.10. The van der Waals surface area contributed by atoms with Gasteiger partial charge in [-0.25, -0.2) is 0 Å². The molecule has 1 amide bonds. The molecule has 118 valence electrons. The number of phenolic OH excluding ortho intramolecular Hbond substituents is 1. The first-order chi connectivity index (χ1) is 10.9. The lowest BCUT2D eigenvalue weighted by Crippen LogP contribution is -2.24. The molecule has 0 atom stereocenters. The summed E-state index contributed by atoms with van der Waals surface area (Å²) in [5.74, 6) is -0.564. The fourth-order valence-electron chi connectivity index (χ4n) is 2.06. The molecule has 2 aromatic rings. The summed E-state index contributed by atoms with van der Waals surface area (Å²) in [6, 6.07) is 12.6. The first-order valence-electron chi connectivity index (χ1n) is 6.78. The molecule has 0 saturated carbocycles. The van der Waals surface area contributed by atoms with Gasteiger partial charge in [-0.05, 0) is 47.9 Å². The van der Waals surface area contributed by atoms with Gasteiger partial charge >= 0.3 is 0 Å². The van der Waals surface area contributed by atoms with E-state index in [2.05, 4.69) is 20.9 Å². The molecule has 2 rings (SSSR count). The lowest BCUT2D eigenvalue weighted by molar-refractivity contribution is -0.114. The van der Waals surface area contributed by atoms with Crippen molar-refractivity contribution in [2.24, 2.45) is 16.5 Å². The van der Waals surface area contributed by atoms with Crippen molar-refractivity contribution in [1.29, 1.82) is 0 Å². The monoisotopic (exact) mass is 373 g/mol. The normalized spacial score (nSPS) is 11.1. The van der Waals surface area contributed by atoms with E-state index in [-0.39, 0.29) is 11.7 Å². The molecule has 0 fully saturated rings. The van der Waals surface area contributed by atoms with Crippen LogP contribution in [0.2, 0.25) is 0 Å². The average molecular weight is 374 g/mol. The number of carbonyl (C=O) groups excluding carboxylic acids is 1. The standard InChI is InChI=1S/C17H16BrN3O2/c1-10(16(23)21-17(19)20)9-14-13(3-2-4-15(14)18)11-5-7-12(22)8-6-11/h2-9,22H,1H3,(H4,19,20,21,23). The highest BCUT2D eigenvalue weighted by Crippen LogP contribution is 2.32. The van der Waals surface area contributed by atoms with E-state index >= 15 is 0 Å². The Morgan fingerprint density at radius 3 is 2.43 bits per heavy atom. The molecule has 0 radical (unpaired) electrons. The highest BCUT2D eigenvalue weighted by atomic mass is 79.9. The summed E-state index contributed by atoms with van der Waals surface area (Å²) in [6.07, 6.45) is 1.72. The van der Waals surface area contributed by atoms with E-state index in [0.717, 1.165) is 21.2 Å². The number of hydrogen-bond acceptors (Lipinski definition) is 2. The number of amides is 1. The molecule has 0 aromatic heterocycles. The van der Waals surface area contributed by atoms with Crippen LogP contribution in [0.25, 0.3) is 17.2 Å². The molecule has 0 saturated heterocycles. The van der Waals surface area contributed by atoms with E-state index in [1.807, 2.05) is 30.3 Å². The van der Waals surface area contributed by atoms with E-state index in [1.54, 1.807) is 25.1 Å². The summed E-state index contributed by atoms with van der Waals surface area (Å²) in [7, 11) is 0. The lowest BCUT2D eigenvalue weighted by Gasteiger charge is -2.10. The third kappa shape index (κ3) is 4.20. The van der Waals surface area contributed by atoms with E-state index in [9.17, 15) is 9.90 Å². The lowest BCUT2D eigenvalue weighted by atomic mass is 9.98. The molecule has 5 N–H and O–H groups in total. The number of nitrogens with zero attached hydrogens (tertiary/aromatic N) is 1. The second-order valence-electron chi connectivity index (χ2n) is 4.92. The van der Waals surface area contributed by atoms with Gasteiger partial charge in [0.15, 0.2) is 5.96 Å². The van der Waals surface area contributed by atoms with Crippen LogP contribution in [0, 0.1) is 0 Å². The Balaban J connectivity index is 2.52. The molecular formula is C17H16BrN3O2. The third-order valence-corrected chi connectivity index (χ3v) is 3.85. The van der Waals surface area contributed by atoms with Gasteiger partial charge in [0.2, 0.25) is 0 Å². The highest BCUT2D eigenvalue weighted by Gasteiger charge is 2.10. The SMILES string of the molecule is CC(=Cc1c(Br)cccc1-c1ccc(O)cc1)C(=O)N=C(N)N.